The molecule has 0 aromatic heterocycles. The van der Waals surface area contributed by atoms with E-state index in [4.69, 9.17) is 4.18 Å². The van der Waals surface area contributed by atoms with E-state index in [1.165, 1.54) is 5.56 Å². The monoisotopic (exact) mass is 417 g/mol. The average molecular weight is 418 g/mol. The van der Waals surface area contributed by atoms with Crippen LogP contribution in [-0.4, -0.2) is 31.5 Å². The van der Waals surface area contributed by atoms with E-state index in [0.29, 0.717) is 12.1 Å². The molecule has 0 saturated heterocycles. The van der Waals surface area contributed by atoms with Crippen LogP contribution >= 0.6 is 0 Å². The summed E-state index contributed by atoms with van der Waals surface area (Å²) < 4.78 is 27.4. The van der Waals surface area contributed by atoms with Crippen LogP contribution in [0.15, 0.2) is 48.5 Å². The maximum atomic E-state index is 13.2. The molecule has 2 rings (SSSR count). The number of carbonyl (C=O) groups excluding carboxylic acids is 1. The van der Waals surface area contributed by atoms with Gasteiger partial charge in [-0.3, -0.25) is 4.79 Å². The molecular formula is C23H31NO4S. The Hall–Kier alpha value is -2.34. The first-order valence-electron chi connectivity index (χ1n) is 9.80. The summed E-state index contributed by atoms with van der Waals surface area (Å²) in [5.74, 6) is 0.242. The molecule has 0 aliphatic carbocycles. The lowest BCUT2D eigenvalue weighted by Gasteiger charge is -2.29. The van der Waals surface area contributed by atoms with E-state index < -0.39 is 10.1 Å². The van der Waals surface area contributed by atoms with Gasteiger partial charge in [-0.1, -0.05) is 52.0 Å². The van der Waals surface area contributed by atoms with Gasteiger partial charge in [0.25, 0.3) is 5.91 Å². The first-order chi connectivity index (χ1) is 13.4. The van der Waals surface area contributed by atoms with Crippen molar-refractivity contribution in [1.29, 1.82) is 0 Å². The summed E-state index contributed by atoms with van der Waals surface area (Å²) in [6.45, 7) is 11.0. The van der Waals surface area contributed by atoms with Crippen LogP contribution in [0.5, 0.6) is 5.75 Å². The van der Waals surface area contributed by atoms with E-state index in [-0.39, 0.29) is 23.1 Å². The van der Waals surface area contributed by atoms with Crippen LogP contribution in [0.25, 0.3) is 0 Å². The predicted octanol–water partition coefficient (Wildman–Crippen LogP) is 4.76. The highest BCUT2D eigenvalue weighted by molar-refractivity contribution is 7.86. The summed E-state index contributed by atoms with van der Waals surface area (Å²) in [7, 11) is -3.56. The molecule has 158 valence electrons. The van der Waals surface area contributed by atoms with Gasteiger partial charge in [0.05, 0.1) is 6.26 Å². The summed E-state index contributed by atoms with van der Waals surface area (Å²) in [5.41, 5.74) is 2.79. The Kier molecular flexibility index (Phi) is 7.11. The van der Waals surface area contributed by atoms with E-state index >= 15 is 0 Å². The van der Waals surface area contributed by atoms with Gasteiger partial charge in [-0.15, -0.1) is 0 Å². The van der Waals surface area contributed by atoms with E-state index in [0.717, 1.165) is 18.2 Å². The molecule has 6 heteroatoms. The van der Waals surface area contributed by atoms with Crippen molar-refractivity contribution in [3.8, 4) is 5.75 Å². The molecule has 0 bridgehead atoms. The summed E-state index contributed by atoms with van der Waals surface area (Å²) in [6.07, 6.45) is 1.84. The third-order valence-corrected chi connectivity index (χ3v) is 5.40. The highest BCUT2D eigenvalue weighted by Gasteiger charge is 2.22. The third kappa shape index (κ3) is 6.60. The third-order valence-electron chi connectivity index (χ3n) is 4.91. The molecule has 29 heavy (non-hydrogen) atoms. The Morgan fingerprint density at radius 2 is 1.59 bits per heavy atom. The van der Waals surface area contributed by atoms with Gasteiger partial charge >= 0.3 is 10.1 Å². The highest BCUT2D eigenvalue weighted by atomic mass is 32.2. The van der Waals surface area contributed by atoms with Crippen molar-refractivity contribution in [3.63, 3.8) is 0 Å². The lowest BCUT2D eigenvalue weighted by Crippen LogP contribution is -2.37. The second-order valence-corrected chi connectivity index (χ2v) is 10.0. The molecule has 0 fully saturated rings. The maximum Gasteiger partial charge on any atom is 0.306 e. The first-order valence-corrected chi connectivity index (χ1v) is 11.6. The zero-order chi connectivity index (χ0) is 21.8. The van der Waals surface area contributed by atoms with E-state index in [9.17, 15) is 13.2 Å². The molecule has 2 aromatic carbocycles. The fourth-order valence-corrected chi connectivity index (χ4v) is 3.41. The smallest absolute Gasteiger partial charge is 0.306 e. The molecule has 0 unspecified atom stereocenters. The molecule has 0 heterocycles. The molecule has 0 radical (unpaired) electrons. The molecule has 0 spiro atoms. The highest BCUT2D eigenvalue weighted by Crippen LogP contribution is 2.24. The van der Waals surface area contributed by atoms with Crippen molar-refractivity contribution >= 4 is 16.0 Å². The van der Waals surface area contributed by atoms with Crippen molar-refractivity contribution in [2.75, 3.05) is 6.26 Å². The maximum absolute atomic E-state index is 13.2. The standard InChI is InChI=1S/C23H31NO4S/c1-7-17(2)24(16-18-8-14-21(15-9-18)28-29(6,26)27)22(25)19-10-12-20(13-11-19)23(3,4)5/h8-15,17H,7,16H2,1-6H3/t17-/m0/s1. The number of carbonyl (C=O) groups is 1. The number of rotatable bonds is 7. The van der Waals surface area contributed by atoms with E-state index in [1.54, 1.807) is 24.3 Å². The lowest BCUT2D eigenvalue weighted by atomic mass is 9.86. The van der Waals surface area contributed by atoms with Crippen LogP contribution < -0.4 is 4.18 Å². The van der Waals surface area contributed by atoms with Crippen LogP contribution in [0, 0.1) is 0 Å². The first kappa shape index (κ1) is 22.9. The Bertz CT molecular complexity index is 926. The quantitative estimate of drug-likeness (QED) is 0.609. The Balaban J connectivity index is 2.22. The number of hydrogen-bond donors (Lipinski definition) is 0. The van der Waals surface area contributed by atoms with Crippen molar-refractivity contribution in [2.45, 2.75) is 59.0 Å². The van der Waals surface area contributed by atoms with Gasteiger partial charge in [-0.25, -0.2) is 0 Å². The Labute approximate surface area is 174 Å². The summed E-state index contributed by atoms with van der Waals surface area (Å²) in [4.78, 5) is 15.0. The summed E-state index contributed by atoms with van der Waals surface area (Å²) >= 11 is 0. The molecule has 1 atom stereocenters. The minimum Gasteiger partial charge on any atom is -0.383 e. The molecule has 5 nitrogen and oxygen atoms in total. The second kappa shape index (κ2) is 8.99. The zero-order valence-corrected chi connectivity index (χ0v) is 18.9. The number of benzene rings is 2. The lowest BCUT2D eigenvalue weighted by molar-refractivity contribution is 0.0671. The van der Waals surface area contributed by atoms with Crippen molar-refractivity contribution in [3.05, 3.63) is 65.2 Å². The van der Waals surface area contributed by atoms with Crippen molar-refractivity contribution < 1.29 is 17.4 Å². The van der Waals surface area contributed by atoms with Crippen LogP contribution in [-0.2, 0) is 22.1 Å². The molecular weight excluding hydrogens is 386 g/mol. The van der Waals surface area contributed by atoms with Crippen LogP contribution in [0.1, 0.15) is 62.5 Å². The van der Waals surface area contributed by atoms with Gasteiger partial charge in [-0.05, 0) is 54.2 Å². The van der Waals surface area contributed by atoms with Gasteiger partial charge in [0, 0.05) is 18.2 Å². The van der Waals surface area contributed by atoms with Gasteiger partial charge in [-0.2, -0.15) is 8.42 Å². The van der Waals surface area contributed by atoms with Crippen molar-refractivity contribution in [1.82, 2.24) is 4.90 Å². The fraction of sp³-hybridized carbons (Fsp3) is 0.435. The van der Waals surface area contributed by atoms with Crippen LogP contribution in [0.4, 0.5) is 0 Å². The molecule has 0 aliphatic heterocycles. The SMILES string of the molecule is CC[C@H](C)N(Cc1ccc(OS(C)(=O)=O)cc1)C(=O)c1ccc(C(C)(C)C)cc1. The summed E-state index contributed by atoms with van der Waals surface area (Å²) in [5, 5.41) is 0. The molecule has 0 aliphatic rings. The van der Waals surface area contributed by atoms with E-state index in [2.05, 4.69) is 27.7 Å². The number of hydrogen-bond acceptors (Lipinski definition) is 4. The molecule has 0 saturated carbocycles. The summed E-state index contributed by atoms with van der Waals surface area (Å²) in [6, 6.07) is 14.7. The van der Waals surface area contributed by atoms with Crippen LogP contribution in [0.3, 0.4) is 0 Å². The zero-order valence-electron chi connectivity index (χ0n) is 18.1. The van der Waals surface area contributed by atoms with Gasteiger partial charge in [0.15, 0.2) is 0 Å². The average Bonchev–Trinajstić information content (AvgIpc) is 2.64. The Morgan fingerprint density at radius 1 is 1.03 bits per heavy atom. The van der Waals surface area contributed by atoms with Crippen LogP contribution in [0.2, 0.25) is 0 Å². The number of amides is 1. The largest absolute Gasteiger partial charge is 0.383 e. The molecule has 1 amide bonds. The number of nitrogens with zero attached hydrogens (tertiary/aromatic N) is 1. The van der Waals surface area contributed by atoms with Gasteiger partial charge in [0.2, 0.25) is 0 Å². The van der Waals surface area contributed by atoms with Crippen molar-refractivity contribution in [2.24, 2.45) is 0 Å². The second-order valence-electron chi connectivity index (χ2n) is 8.45. The Morgan fingerprint density at radius 3 is 2.03 bits per heavy atom. The normalized spacial score (nSPS) is 13.0. The molecule has 2 aromatic rings. The predicted molar refractivity (Wildman–Crippen MR) is 117 cm³/mol. The van der Waals surface area contributed by atoms with Gasteiger partial charge < -0.3 is 9.08 Å². The molecule has 0 N–H and O–H groups in total. The van der Waals surface area contributed by atoms with E-state index in [1.807, 2.05) is 36.1 Å². The fourth-order valence-electron chi connectivity index (χ4n) is 2.95. The topological polar surface area (TPSA) is 63.7 Å². The minimum absolute atomic E-state index is 0.0173. The minimum atomic E-state index is -3.56. The van der Waals surface area contributed by atoms with Gasteiger partial charge in [0.1, 0.15) is 5.75 Å².